The van der Waals surface area contributed by atoms with E-state index in [4.69, 9.17) is 20.4 Å². The summed E-state index contributed by atoms with van der Waals surface area (Å²) < 4.78 is 5.62. The zero-order chi connectivity index (χ0) is 40.1. The average Bonchev–Trinajstić information content (AvgIpc) is 3.64. The molecule has 0 atom stereocenters. The first-order valence-electron chi connectivity index (χ1n) is 20.5. The number of carbonyl (C=O) groups excluding carboxylic acids is 2. The molecule has 5 aliphatic rings. The van der Waals surface area contributed by atoms with Gasteiger partial charge in [0.25, 0.3) is 5.91 Å². The number of aromatic nitrogens is 4. The van der Waals surface area contributed by atoms with Crippen molar-refractivity contribution in [1.82, 2.24) is 39.5 Å². The summed E-state index contributed by atoms with van der Waals surface area (Å²) in [5.74, 6) is 1.46. The lowest BCUT2D eigenvalue weighted by Gasteiger charge is -2.54. The highest BCUT2D eigenvalue weighted by Gasteiger charge is 2.47. The Morgan fingerprint density at radius 2 is 1.60 bits per heavy atom. The van der Waals surface area contributed by atoms with Crippen LogP contribution in [0.1, 0.15) is 76.5 Å². The molecule has 15 heteroatoms. The molecule has 0 saturated carbocycles. The maximum atomic E-state index is 13.6. The summed E-state index contributed by atoms with van der Waals surface area (Å²) >= 11 is 0. The Bertz CT molecular complexity index is 2210. The van der Waals surface area contributed by atoms with Crippen molar-refractivity contribution in [2.45, 2.75) is 65.2 Å². The SMILES string of the molecule is CC(C)c1cc(C(=O)N2Cc3ccc(CN4CCC5(CC4)CN(C(=O)CN4CCc6c(nc(-c7cnc(N)nc7)nc6N6CCOCC6)C4)C5)cc3C2)c(O)cc1O. The molecule has 1 spiro atoms. The highest BCUT2D eigenvalue weighted by Crippen LogP contribution is 2.41. The van der Waals surface area contributed by atoms with E-state index in [2.05, 4.69) is 42.9 Å². The Hall–Kier alpha value is -5.38. The molecule has 58 heavy (non-hydrogen) atoms. The number of piperidine rings is 1. The van der Waals surface area contributed by atoms with Crippen LogP contribution in [-0.4, -0.2) is 127 Å². The maximum Gasteiger partial charge on any atom is 0.258 e. The molecule has 304 valence electrons. The fourth-order valence-electron chi connectivity index (χ4n) is 9.30. The van der Waals surface area contributed by atoms with Crippen LogP contribution in [0.2, 0.25) is 0 Å². The van der Waals surface area contributed by atoms with Crippen LogP contribution < -0.4 is 10.6 Å². The Kier molecular flexibility index (Phi) is 10.1. The molecule has 4 N–H and O–H groups in total. The van der Waals surface area contributed by atoms with Gasteiger partial charge < -0.3 is 35.4 Å². The predicted octanol–water partition coefficient (Wildman–Crippen LogP) is 3.53. The first-order valence-corrected chi connectivity index (χ1v) is 20.5. The van der Waals surface area contributed by atoms with E-state index >= 15 is 0 Å². The van der Waals surface area contributed by atoms with E-state index in [1.54, 1.807) is 23.4 Å². The summed E-state index contributed by atoms with van der Waals surface area (Å²) in [6, 6.07) is 9.40. The van der Waals surface area contributed by atoms with E-state index in [9.17, 15) is 19.8 Å². The van der Waals surface area contributed by atoms with Crippen LogP contribution in [0.5, 0.6) is 11.5 Å². The topological polar surface area (TPSA) is 178 Å². The fourth-order valence-corrected chi connectivity index (χ4v) is 9.30. The largest absolute Gasteiger partial charge is 0.508 e. The lowest BCUT2D eigenvalue weighted by Crippen LogP contribution is -2.63. The zero-order valence-electron chi connectivity index (χ0n) is 33.4. The van der Waals surface area contributed by atoms with Gasteiger partial charge >= 0.3 is 0 Å². The van der Waals surface area contributed by atoms with Gasteiger partial charge in [-0.2, -0.15) is 0 Å². The van der Waals surface area contributed by atoms with Gasteiger partial charge in [0.15, 0.2) is 5.82 Å². The minimum absolute atomic E-state index is 0.00203. The number of benzene rings is 2. The van der Waals surface area contributed by atoms with Crippen LogP contribution in [0.15, 0.2) is 42.7 Å². The Morgan fingerprint density at radius 3 is 2.34 bits per heavy atom. The van der Waals surface area contributed by atoms with Crippen molar-refractivity contribution < 1.29 is 24.5 Å². The second-order valence-corrected chi connectivity index (χ2v) is 17.1. The van der Waals surface area contributed by atoms with Crippen LogP contribution in [0, 0.1) is 5.41 Å². The Morgan fingerprint density at radius 1 is 0.862 bits per heavy atom. The number of amides is 2. The monoisotopic (exact) mass is 788 g/mol. The molecule has 0 aliphatic carbocycles. The van der Waals surface area contributed by atoms with E-state index in [0.717, 1.165) is 99.8 Å². The smallest absolute Gasteiger partial charge is 0.258 e. The highest BCUT2D eigenvalue weighted by atomic mass is 16.5. The van der Waals surface area contributed by atoms with Gasteiger partial charge in [-0.25, -0.2) is 19.9 Å². The molecule has 0 radical (unpaired) electrons. The molecule has 2 amide bonds. The van der Waals surface area contributed by atoms with Crippen molar-refractivity contribution in [1.29, 1.82) is 0 Å². The van der Waals surface area contributed by atoms with E-state index in [-0.39, 0.29) is 46.2 Å². The Labute approximate surface area is 338 Å². The van der Waals surface area contributed by atoms with E-state index in [1.807, 2.05) is 18.7 Å². The van der Waals surface area contributed by atoms with Gasteiger partial charge in [-0.15, -0.1) is 0 Å². The third kappa shape index (κ3) is 7.53. The van der Waals surface area contributed by atoms with Gasteiger partial charge in [-0.05, 0) is 66.6 Å². The van der Waals surface area contributed by atoms with E-state index in [0.29, 0.717) is 56.3 Å². The molecule has 5 aliphatic heterocycles. The van der Waals surface area contributed by atoms with Gasteiger partial charge in [-0.3, -0.25) is 19.4 Å². The van der Waals surface area contributed by atoms with Crippen LogP contribution in [0.3, 0.4) is 0 Å². The molecule has 3 fully saturated rings. The van der Waals surface area contributed by atoms with Crippen molar-refractivity contribution in [3.63, 3.8) is 0 Å². The van der Waals surface area contributed by atoms with Crippen molar-refractivity contribution in [2.75, 3.05) is 76.2 Å². The van der Waals surface area contributed by atoms with Crippen molar-refractivity contribution >= 4 is 23.6 Å². The number of morpholine rings is 1. The van der Waals surface area contributed by atoms with E-state index < -0.39 is 0 Å². The number of aromatic hydroxyl groups is 2. The molecule has 15 nitrogen and oxygen atoms in total. The molecule has 2 aromatic heterocycles. The number of carbonyl (C=O) groups is 2. The van der Waals surface area contributed by atoms with Crippen LogP contribution in [0.4, 0.5) is 11.8 Å². The van der Waals surface area contributed by atoms with Gasteiger partial charge in [0.1, 0.15) is 17.3 Å². The lowest BCUT2D eigenvalue weighted by atomic mass is 9.72. The minimum atomic E-state index is -0.236. The number of phenolic OH excluding ortho intramolecular Hbond substituents is 2. The van der Waals surface area contributed by atoms with Gasteiger partial charge in [0, 0.05) is 88.3 Å². The molecule has 0 bridgehead atoms. The van der Waals surface area contributed by atoms with Crippen LogP contribution in [0.25, 0.3) is 11.4 Å². The van der Waals surface area contributed by atoms with Crippen molar-refractivity contribution in [3.8, 4) is 22.9 Å². The number of ether oxygens (including phenoxy) is 1. The first kappa shape index (κ1) is 38.2. The number of fused-ring (bicyclic) bond motifs is 2. The average molecular weight is 789 g/mol. The summed E-state index contributed by atoms with van der Waals surface area (Å²) in [6.07, 6.45) is 6.22. The number of rotatable bonds is 8. The second-order valence-electron chi connectivity index (χ2n) is 17.1. The quantitative estimate of drug-likeness (QED) is 0.237. The maximum absolute atomic E-state index is 13.6. The molecule has 7 heterocycles. The van der Waals surface area contributed by atoms with Gasteiger partial charge in [0.2, 0.25) is 11.9 Å². The lowest BCUT2D eigenvalue weighted by molar-refractivity contribution is -0.148. The van der Waals surface area contributed by atoms with E-state index in [1.165, 1.54) is 11.6 Å². The fraction of sp³-hybridized carbons (Fsp3) is 0.488. The molecule has 9 rings (SSSR count). The zero-order valence-corrected chi connectivity index (χ0v) is 33.4. The molecule has 2 aromatic carbocycles. The van der Waals surface area contributed by atoms with Crippen LogP contribution >= 0.6 is 0 Å². The van der Waals surface area contributed by atoms with Gasteiger partial charge in [0.05, 0.1) is 36.6 Å². The van der Waals surface area contributed by atoms with Crippen LogP contribution in [-0.2, 0) is 42.1 Å². The number of nitrogen functional groups attached to an aromatic ring is 1. The predicted molar refractivity (Wildman–Crippen MR) is 217 cm³/mol. The van der Waals surface area contributed by atoms with Gasteiger partial charge in [-0.1, -0.05) is 32.0 Å². The number of anilines is 2. The number of phenols is 2. The number of nitrogens with two attached hydrogens (primary N) is 1. The highest BCUT2D eigenvalue weighted by molar-refractivity contribution is 5.97. The number of nitrogens with zero attached hydrogens (tertiary/aromatic N) is 9. The minimum Gasteiger partial charge on any atom is -0.508 e. The summed E-state index contributed by atoms with van der Waals surface area (Å²) in [5.41, 5.74) is 13.1. The Balaban J connectivity index is 0.772. The number of hydrogen-bond acceptors (Lipinski definition) is 13. The normalized spacial score (nSPS) is 19.3. The number of likely N-dealkylation sites (tertiary alicyclic amines) is 2. The summed E-state index contributed by atoms with van der Waals surface area (Å²) in [7, 11) is 0. The molecular formula is C43H52N10O5. The third-order valence-corrected chi connectivity index (χ3v) is 12.7. The summed E-state index contributed by atoms with van der Waals surface area (Å²) in [5, 5.41) is 20.8. The second kappa shape index (κ2) is 15.4. The summed E-state index contributed by atoms with van der Waals surface area (Å²) in [4.78, 5) is 56.2. The first-order chi connectivity index (χ1) is 28.0. The van der Waals surface area contributed by atoms with Crippen molar-refractivity contribution in [3.05, 3.63) is 81.8 Å². The molecule has 3 saturated heterocycles. The standard InChI is InChI=1S/C43H52N10O5/c1-27(2)33-16-34(37(55)17-36(33)54)41(57)52-21-29-4-3-28(15-30(29)22-52)20-49-9-6-43(7-10-49)25-53(26-43)38(56)24-50-8-5-32-35(23-50)47-39(31-18-45-42(44)46-19-31)48-40(32)51-11-13-58-14-12-51/h3-4,15-19,27,54-55H,5-14,20-26H2,1-2H3,(H2,44,45,46). The molecule has 4 aromatic rings. The van der Waals surface area contributed by atoms with Crippen molar-refractivity contribution in [2.24, 2.45) is 5.41 Å². The summed E-state index contributed by atoms with van der Waals surface area (Å²) in [6.45, 7) is 13.9. The number of hydrogen-bond donors (Lipinski definition) is 3. The third-order valence-electron chi connectivity index (χ3n) is 12.7. The molecule has 0 unspecified atom stereocenters. The molecular weight excluding hydrogens is 737 g/mol.